The van der Waals surface area contributed by atoms with Crippen molar-refractivity contribution in [2.45, 2.75) is 44.0 Å². The van der Waals surface area contributed by atoms with Gasteiger partial charge in [0.15, 0.2) is 0 Å². The summed E-state index contributed by atoms with van der Waals surface area (Å²) >= 11 is 1.90. The van der Waals surface area contributed by atoms with Gasteiger partial charge in [0.25, 0.3) is 0 Å². The average Bonchev–Trinajstić information content (AvgIpc) is 2.42. The Morgan fingerprint density at radius 1 is 1.21 bits per heavy atom. The van der Waals surface area contributed by atoms with Gasteiger partial charge in [0.2, 0.25) is 0 Å². The highest BCUT2D eigenvalue weighted by Gasteiger charge is 2.08. The van der Waals surface area contributed by atoms with E-state index in [2.05, 4.69) is 50.4 Å². The number of methoxy groups -OCH3 is 1. The summed E-state index contributed by atoms with van der Waals surface area (Å²) in [6.07, 6.45) is 1.16. The van der Waals surface area contributed by atoms with Crippen molar-refractivity contribution in [1.82, 2.24) is 5.32 Å². The van der Waals surface area contributed by atoms with Gasteiger partial charge in [-0.05, 0) is 36.6 Å². The van der Waals surface area contributed by atoms with Crippen LogP contribution >= 0.6 is 11.8 Å². The fraction of sp³-hybridized carbons (Fsp3) is 0.625. The van der Waals surface area contributed by atoms with Crippen LogP contribution in [0.4, 0.5) is 0 Å². The van der Waals surface area contributed by atoms with Crippen molar-refractivity contribution < 1.29 is 4.74 Å². The molecule has 0 fully saturated rings. The molecule has 0 spiro atoms. The second-order valence-corrected chi connectivity index (χ2v) is 6.23. The maximum absolute atomic E-state index is 5.26. The van der Waals surface area contributed by atoms with Crippen molar-refractivity contribution in [3.63, 3.8) is 0 Å². The Bertz CT molecular complexity index is 337. The minimum atomic E-state index is 0.430. The molecule has 0 aliphatic heterocycles. The predicted octanol–water partition coefficient (Wildman–Crippen LogP) is 3.92. The van der Waals surface area contributed by atoms with E-state index in [1.807, 2.05) is 11.8 Å². The number of benzene rings is 1. The summed E-state index contributed by atoms with van der Waals surface area (Å²) in [4.78, 5) is 1.34. The summed E-state index contributed by atoms with van der Waals surface area (Å²) in [6.45, 7) is 8.48. The smallest absolute Gasteiger partial charge is 0.0624 e. The van der Waals surface area contributed by atoms with Gasteiger partial charge in [-0.2, -0.15) is 0 Å². The molecule has 0 amide bonds. The average molecular weight is 281 g/mol. The summed E-state index contributed by atoms with van der Waals surface area (Å²) < 4.78 is 5.26. The number of rotatable bonds is 9. The highest BCUT2D eigenvalue weighted by atomic mass is 32.2. The first-order valence-electron chi connectivity index (χ1n) is 7.12. The SMILES string of the molecule is CCCNC(COC)CSc1ccc(C(C)C)cc1. The number of hydrogen-bond acceptors (Lipinski definition) is 3. The third kappa shape index (κ3) is 6.46. The van der Waals surface area contributed by atoms with Crippen molar-refractivity contribution in [2.24, 2.45) is 0 Å². The van der Waals surface area contributed by atoms with Crippen molar-refractivity contribution in [3.05, 3.63) is 29.8 Å². The Labute approximate surface area is 122 Å². The van der Waals surface area contributed by atoms with E-state index in [1.165, 1.54) is 10.5 Å². The van der Waals surface area contributed by atoms with Gasteiger partial charge in [-0.1, -0.05) is 32.9 Å². The monoisotopic (exact) mass is 281 g/mol. The van der Waals surface area contributed by atoms with E-state index in [1.54, 1.807) is 7.11 Å². The van der Waals surface area contributed by atoms with Crippen LogP contribution in [0.15, 0.2) is 29.2 Å². The van der Waals surface area contributed by atoms with Crippen LogP contribution in [0.5, 0.6) is 0 Å². The van der Waals surface area contributed by atoms with Crippen LogP contribution in [0.2, 0.25) is 0 Å². The Morgan fingerprint density at radius 2 is 1.89 bits per heavy atom. The normalized spacial score (nSPS) is 12.9. The molecule has 0 aliphatic rings. The fourth-order valence-corrected chi connectivity index (χ4v) is 2.80. The lowest BCUT2D eigenvalue weighted by Gasteiger charge is -2.17. The molecule has 0 bridgehead atoms. The molecule has 1 aromatic rings. The first-order valence-corrected chi connectivity index (χ1v) is 8.11. The van der Waals surface area contributed by atoms with Crippen molar-refractivity contribution in [3.8, 4) is 0 Å². The van der Waals surface area contributed by atoms with Gasteiger partial charge in [0.1, 0.15) is 0 Å². The van der Waals surface area contributed by atoms with E-state index in [-0.39, 0.29) is 0 Å². The summed E-state index contributed by atoms with van der Waals surface area (Å²) in [5.41, 5.74) is 1.40. The van der Waals surface area contributed by atoms with Crippen LogP contribution in [0.3, 0.4) is 0 Å². The molecule has 0 heterocycles. The summed E-state index contributed by atoms with van der Waals surface area (Å²) in [5.74, 6) is 1.65. The van der Waals surface area contributed by atoms with E-state index >= 15 is 0 Å². The quantitative estimate of drug-likeness (QED) is 0.693. The molecule has 108 valence electrons. The first kappa shape index (κ1) is 16.5. The molecular weight excluding hydrogens is 254 g/mol. The topological polar surface area (TPSA) is 21.3 Å². The summed E-state index contributed by atoms with van der Waals surface area (Å²) in [5, 5.41) is 3.52. The number of nitrogens with one attached hydrogen (secondary N) is 1. The molecule has 2 nitrogen and oxygen atoms in total. The highest BCUT2D eigenvalue weighted by Crippen LogP contribution is 2.22. The zero-order valence-corrected chi connectivity index (χ0v) is 13.4. The van der Waals surface area contributed by atoms with Gasteiger partial charge in [-0.3, -0.25) is 0 Å². The lowest BCUT2D eigenvalue weighted by atomic mass is 10.0. The van der Waals surface area contributed by atoms with Crippen LogP contribution in [0.25, 0.3) is 0 Å². The van der Waals surface area contributed by atoms with E-state index < -0.39 is 0 Å². The van der Waals surface area contributed by atoms with E-state index in [9.17, 15) is 0 Å². The zero-order valence-electron chi connectivity index (χ0n) is 12.6. The van der Waals surface area contributed by atoms with E-state index in [4.69, 9.17) is 4.74 Å². The van der Waals surface area contributed by atoms with Gasteiger partial charge in [0.05, 0.1) is 6.61 Å². The van der Waals surface area contributed by atoms with Crippen molar-refractivity contribution in [2.75, 3.05) is 26.0 Å². The van der Waals surface area contributed by atoms with Gasteiger partial charge in [-0.25, -0.2) is 0 Å². The molecule has 1 rings (SSSR count). The standard InChI is InChI=1S/C16H27NOS/c1-5-10-17-15(11-18-4)12-19-16-8-6-14(7-9-16)13(2)3/h6-9,13,15,17H,5,10-12H2,1-4H3. The molecule has 0 saturated heterocycles. The molecule has 0 radical (unpaired) electrons. The largest absolute Gasteiger partial charge is 0.383 e. The van der Waals surface area contributed by atoms with Gasteiger partial charge in [-0.15, -0.1) is 11.8 Å². The number of thioether (sulfide) groups is 1. The molecule has 1 atom stereocenters. The minimum Gasteiger partial charge on any atom is -0.383 e. The number of hydrogen-bond donors (Lipinski definition) is 1. The lowest BCUT2D eigenvalue weighted by molar-refractivity contribution is 0.174. The minimum absolute atomic E-state index is 0.430. The van der Waals surface area contributed by atoms with Crippen LogP contribution < -0.4 is 5.32 Å². The molecule has 19 heavy (non-hydrogen) atoms. The van der Waals surface area contributed by atoms with Crippen LogP contribution in [0, 0.1) is 0 Å². The molecule has 1 unspecified atom stereocenters. The third-order valence-corrected chi connectivity index (χ3v) is 4.22. The van der Waals surface area contributed by atoms with Gasteiger partial charge in [0, 0.05) is 23.8 Å². The van der Waals surface area contributed by atoms with Crippen molar-refractivity contribution >= 4 is 11.8 Å². The van der Waals surface area contributed by atoms with Gasteiger partial charge >= 0.3 is 0 Å². The Balaban J connectivity index is 2.44. The summed E-state index contributed by atoms with van der Waals surface area (Å²) in [7, 11) is 1.77. The van der Waals surface area contributed by atoms with E-state index in [0.717, 1.165) is 25.3 Å². The lowest BCUT2D eigenvalue weighted by Crippen LogP contribution is -2.35. The molecule has 0 saturated carbocycles. The van der Waals surface area contributed by atoms with E-state index in [0.29, 0.717) is 12.0 Å². The predicted molar refractivity (Wildman–Crippen MR) is 85.2 cm³/mol. The Kier molecular flexibility index (Phi) is 8.19. The summed E-state index contributed by atoms with van der Waals surface area (Å²) in [6, 6.07) is 9.35. The highest BCUT2D eigenvalue weighted by molar-refractivity contribution is 7.99. The van der Waals surface area contributed by atoms with Gasteiger partial charge < -0.3 is 10.1 Å². The molecular formula is C16H27NOS. The molecule has 0 aromatic heterocycles. The Morgan fingerprint density at radius 3 is 2.42 bits per heavy atom. The van der Waals surface area contributed by atoms with Crippen LogP contribution in [0.1, 0.15) is 38.7 Å². The number of ether oxygens (including phenoxy) is 1. The second-order valence-electron chi connectivity index (χ2n) is 5.14. The fourth-order valence-electron chi connectivity index (χ4n) is 1.86. The molecule has 1 N–H and O–H groups in total. The molecule has 3 heteroatoms. The van der Waals surface area contributed by atoms with Crippen LogP contribution in [-0.2, 0) is 4.74 Å². The Hall–Kier alpha value is -0.510. The molecule has 0 aliphatic carbocycles. The second kappa shape index (κ2) is 9.40. The first-order chi connectivity index (χ1) is 9.17. The third-order valence-electron chi connectivity index (χ3n) is 3.05. The maximum Gasteiger partial charge on any atom is 0.0624 e. The van der Waals surface area contributed by atoms with Crippen molar-refractivity contribution in [1.29, 1.82) is 0 Å². The molecule has 1 aromatic carbocycles. The van der Waals surface area contributed by atoms with Crippen LogP contribution in [-0.4, -0.2) is 32.1 Å². The maximum atomic E-state index is 5.26. The zero-order chi connectivity index (χ0) is 14.1.